The highest BCUT2D eigenvalue weighted by molar-refractivity contribution is 5.97. The maximum atomic E-state index is 12.8. The van der Waals surface area contributed by atoms with Gasteiger partial charge in [-0.25, -0.2) is 9.48 Å². The SMILES string of the molecule is Cc1ccc(NC(=O)N(C)CC(=O)Nc2cc(C(C)(C)C)nn2-c2ccccc2C)c(C)c1. The number of nitrogens with zero attached hydrogens (tertiary/aromatic N) is 3. The van der Waals surface area contributed by atoms with Gasteiger partial charge in [0.1, 0.15) is 12.4 Å². The molecule has 0 spiro atoms. The molecule has 0 atom stereocenters. The molecule has 0 fully saturated rings. The number of carbonyl (C=O) groups is 2. The van der Waals surface area contributed by atoms with Gasteiger partial charge in [0.05, 0.1) is 11.4 Å². The zero-order valence-corrected chi connectivity index (χ0v) is 20.5. The predicted octanol–water partition coefficient (Wildman–Crippen LogP) is 5.20. The molecule has 1 heterocycles. The Balaban J connectivity index is 1.76. The van der Waals surface area contributed by atoms with E-state index >= 15 is 0 Å². The van der Waals surface area contributed by atoms with Crippen molar-refractivity contribution in [3.05, 3.63) is 70.9 Å². The third-order valence-corrected chi connectivity index (χ3v) is 5.44. The summed E-state index contributed by atoms with van der Waals surface area (Å²) in [4.78, 5) is 26.8. The number of hydrogen-bond donors (Lipinski definition) is 2. The summed E-state index contributed by atoms with van der Waals surface area (Å²) < 4.78 is 1.75. The normalized spacial score (nSPS) is 11.2. The van der Waals surface area contributed by atoms with E-state index in [0.717, 1.165) is 33.8 Å². The molecule has 1 aromatic heterocycles. The molecule has 7 nitrogen and oxygen atoms in total. The lowest BCUT2D eigenvalue weighted by Crippen LogP contribution is -2.38. The van der Waals surface area contributed by atoms with Gasteiger partial charge in [-0.1, -0.05) is 56.7 Å². The summed E-state index contributed by atoms with van der Waals surface area (Å²) in [5.74, 6) is 0.269. The lowest BCUT2D eigenvalue weighted by molar-refractivity contribution is -0.116. The van der Waals surface area contributed by atoms with E-state index in [-0.39, 0.29) is 23.9 Å². The fourth-order valence-corrected chi connectivity index (χ4v) is 3.46. The smallest absolute Gasteiger partial charge is 0.318 e. The number of carbonyl (C=O) groups excluding carboxylic acids is 2. The summed E-state index contributed by atoms with van der Waals surface area (Å²) in [6.07, 6.45) is 0. The number of benzene rings is 2. The van der Waals surface area contributed by atoms with Crippen molar-refractivity contribution < 1.29 is 9.59 Å². The minimum atomic E-state index is -0.347. The zero-order chi connectivity index (χ0) is 24.3. The van der Waals surface area contributed by atoms with Crippen molar-refractivity contribution >= 4 is 23.4 Å². The molecule has 174 valence electrons. The third-order valence-electron chi connectivity index (χ3n) is 5.44. The minimum absolute atomic E-state index is 0.0967. The summed E-state index contributed by atoms with van der Waals surface area (Å²) in [6.45, 7) is 12.1. The summed E-state index contributed by atoms with van der Waals surface area (Å²) >= 11 is 0. The van der Waals surface area contributed by atoms with Gasteiger partial charge in [-0.3, -0.25) is 4.79 Å². The maximum Gasteiger partial charge on any atom is 0.322 e. The Kier molecular flexibility index (Phi) is 6.91. The predicted molar refractivity (Wildman–Crippen MR) is 133 cm³/mol. The molecule has 0 aliphatic carbocycles. The fraction of sp³-hybridized carbons (Fsp3) is 0.346. The first kappa shape index (κ1) is 24.0. The average Bonchev–Trinajstić information content (AvgIpc) is 3.14. The summed E-state index contributed by atoms with van der Waals surface area (Å²) in [5, 5.41) is 10.6. The van der Waals surface area contributed by atoms with Gasteiger partial charge in [0.15, 0.2) is 0 Å². The number of hydrogen-bond acceptors (Lipinski definition) is 3. The van der Waals surface area contributed by atoms with Crippen LogP contribution in [-0.2, 0) is 10.2 Å². The number of aryl methyl sites for hydroxylation is 3. The van der Waals surface area contributed by atoms with Gasteiger partial charge in [0.25, 0.3) is 0 Å². The van der Waals surface area contributed by atoms with Crippen LogP contribution in [-0.4, -0.2) is 40.2 Å². The number of rotatable bonds is 5. The van der Waals surface area contributed by atoms with E-state index in [4.69, 9.17) is 5.10 Å². The Labute approximate surface area is 195 Å². The van der Waals surface area contributed by atoms with Gasteiger partial charge in [-0.2, -0.15) is 5.10 Å². The average molecular weight is 448 g/mol. The van der Waals surface area contributed by atoms with Crippen LogP contribution in [0.3, 0.4) is 0 Å². The van der Waals surface area contributed by atoms with Crippen LogP contribution in [0, 0.1) is 20.8 Å². The first-order valence-corrected chi connectivity index (χ1v) is 11.0. The van der Waals surface area contributed by atoms with Gasteiger partial charge in [0.2, 0.25) is 5.91 Å². The number of likely N-dealkylation sites (N-methyl/N-ethyl adjacent to an activating group) is 1. The molecule has 0 aliphatic heterocycles. The summed E-state index contributed by atoms with van der Waals surface area (Å²) in [6, 6.07) is 15.2. The highest BCUT2D eigenvalue weighted by atomic mass is 16.2. The second kappa shape index (κ2) is 9.48. The Bertz CT molecular complexity index is 1170. The molecule has 2 N–H and O–H groups in total. The molecule has 0 aliphatic rings. The van der Waals surface area contributed by atoms with Gasteiger partial charge >= 0.3 is 6.03 Å². The van der Waals surface area contributed by atoms with E-state index in [9.17, 15) is 9.59 Å². The third kappa shape index (κ3) is 5.80. The summed E-state index contributed by atoms with van der Waals surface area (Å²) in [7, 11) is 1.59. The number of amides is 3. The number of para-hydroxylation sites is 1. The van der Waals surface area contributed by atoms with E-state index in [1.807, 2.05) is 69.3 Å². The van der Waals surface area contributed by atoms with Crippen LogP contribution in [0.15, 0.2) is 48.5 Å². The number of nitrogens with one attached hydrogen (secondary N) is 2. The highest BCUT2D eigenvalue weighted by Gasteiger charge is 2.23. The first-order valence-electron chi connectivity index (χ1n) is 11.0. The molecule has 3 amide bonds. The molecule has 0 saturated heterocycles. The van der Waals surface area contributed by atoms with E-state index in [1.54, 1.807) is 11.7 Å². The van der Waals surface area contributed by atoms with E-state index < -0.39 is 0 Å². The molecule has 2 aromatic carbocycles. The van der Waals surface area contributed by atoms with Crippen LogP contribution < -0.4 is 10.6 Å². The minimum Gasteiger partial charge on any atom is -0.318 e. The summed E-state index contributed by atoms with van der Waals surface area (Å²) in [5.41, 5.74) is 5.44. The van der Waals surface area contributed by atoms with Crippen molar-refractivity contribution in [2.75, 3.05) is 24.2 Å². The Hall–Kier alpha value is -3.61. The van der Waals surface area contributed by atoms with Gasteiger partial charge in [0, 0.05) is 24.2 Å². The fourth-order valence-electron chi connectivity index (χ4n) is 3.46. The Morgan fingerprint density at radius 1 is 0.970 bits per heavy atom. The van der Waals surface area contributed by atoms with Crippen LogP contribution >= 0.6 is 0 Å². The van der Waals surface area contributed by atoms with Crippen molar-refractivity contribution in [2.24, 2.45) is 0 Å². The number of urea groups is 1. The quantitative estimate of drug-likeness (QED) is 0.564. The number of anilines is 2. The van der Waals surface area contributed by atoms with Crippen LogP contribution in [0.4, 0.5) is 16.3 Å². The molecule has 33 heavy (non-hydrogen) atoms. The molecule has 0 radical (unpaired) electrons. The number of aromatic nitrogens is 2. The van der Waals surface area contributed by atoms with Crippen LogP contribution in [0.5, 0.6) is 0 Å². The monoisotopic (exact) mass is 447 g/mol. The second-order valence-corrected chi connectivity index (χ2v) is 9.52. The lowest BCUT2D eigenvalue weighted by Gasteiger charge is -2.19. The highest BCUT2D eigenvalue weighted by Crippen LogP contribution is 2.27. The molecule has 7 heteroatoms. The molecular formula is C26H33N5O2. The topological polar surface area (TPSA) is 79.3 Å². The molecule has 3 rings (SSSR count). The van der Waals surface area contributed by atoms with Crippen LogP contribution in [0.25, 0.3) is 5.69 Å². The van der Waals surface area contributed by atoms with Gasteiger partial charge in [-0.05, 0) is 44.0 Å². The van der Waals surface area contributed by atoms with Gasteiger partial charge in [-0.15, -0.1) is 0 Å². The molecule has 0 bridgehead atoms. The van der Waals surface area contributed by atoms with E-state index in [1.165, 1.54) is 4.90 Å². The largest absolute Gasteiger partial charge is 0.322 e. The zero-order valence-electron chi connectivity index (χ0n) is 20.5. The van der Waals surface area contributed by atoms with Crippen molar-refractivity contribution in [1.82, 2.24) is 14.7 Å². The Morgan fingerprint density at radius 2 is 1.67 bits per heavy atom. The van der Waals surface area contributed by atoms with Crippen molar-refractivity contribution in [3.8, 4) is 5.69 Å². The molecular weight excluding hydrogens is 414 g/mol. The van der Waals surface area contributed by atoms with Crippen LogP contribution in [0.1, 0.15) is 43.2 Å². The van der Waals surface area contributed by atoms with Gasteiger partial charge < -0.3 is 15.5 Å². The second-order valence-electron chi connectivity index (χ2n) is 9.52. The van der Waals surface area contributed by atoms with E-state index in [0.29, 0.717) is 5.82 Å². The first-order chi connectivity index (χ1) is 15.5. The molecule has 0 saturated carbocycles. The van der Waals surface area contributed by atoms with Crippen molar-refractivity contribution in [3.63, 3.8) is 0 Å². The maximum absolute atomic E-state index is 12.8. The molecule has 3 aromatic rings. The van der Waals surface area contributed by atoms with Crippen molar-refractivity contribution in [2.45, 2.75) is 47.0 Å². The standard InChI is InChI=1S/C26H33N5O2/c1-17-12-13-20(19(3)14-17)27-25(33)30(7)16-24(32)28-23-15-22(26(4,5)6)29-31(23)21-11-9-8-10-18(21)2/h8-15H,16H2,1-7H3,(H,27,33)(H,28,32). The van der Waals surface area contributed by atoms with Crippen molar-refractivity contribution in [1.29, 1.82) is 0 Å². The van der Waals surface area contributed by atoms with Crippen LogP contribution in [0.2, 0.25) is 0 Å². The molecule has 0 unspecified atom stereocenters. The Morgan fingerprint density at radius 3 is 2.30 bits per heavy atom. The van der Waals surface area contributed by atoms with E-state index in [2.05, 4.69) is 31.4 Å². The lowest BCUT2D eigenvalue weighted by atomic mass is 9.92.